The molecule has 2 heteroatoms. The molecule has 0 aliphatic carbocycles. The van der Waals surface area contributed by atoms with Crippen molar-refractivity contribution in [3.63, 3.8) is 0 Å². The Morgan fingerprint density at radius 1 is 1.29 bits per heavy atom. The Balaban J connectivity index is 2.53. The smallest absolute Gasteiger partial charge is 0.0704 e. The fraction of sp³-hybridized carbons (Fsp3) is 0.250. The monoisotopic (exact) mass is 187 g/mol. The molecule has 0 saturated carbocycles. The van der Waals surface area contributed by atoms with Crippen molar-refractivity contribution in [2.45, 2.75) is 19.4 Å². The van der Waals surface area contributed by atoms with Crippen molar-refractivity contribution < 1.29 is 5.11 Å². The van der Waals surface area contributed by atoms with E-state index < -0.39 is 0 Å². The molecule has 0 aliphatic heterocycles. The van der Waals surface area contributed by atoms with Crippen LogP contribution in [0.3, 0.4) is 0 Å². The maximum Gasteiger partial charge on any atom is 0.0704 e. The van der Waals surface area contributed by atoms with Gasteiger partial charge in [0.1, 0.15) is 0 Å². The van der Waals surface area contributed by atoms with Gasteiger partial charge in [0.15, 0.2) is 0 Å². The summed E-state index contributed by atoms with van der Waals surface area (Å²) in [4.78, 5) is 4.27. The molecule has 2 rings (SSSR count). The molecule has 72 valence electrons. The van der Waals surface area contributed by atoms with Crippen LogP contribution >= 0.6 is 0 Å². The second-order valence-electron chi connectivity index (χ2n) is 3.54. The molecule has 0 fully saturated rings. The van der Waals surface area contributed by atoms with E-state index in [0.29, 0.717) is 6.42 Å². The molecule has 0 spiro atoms. The zero-order chi connectivity index (χ0) is 9.97. The SMILES string of the molecule is CC(O)Cc1cccc2ncccc12. The maximum atomic E-state index is 9.34. The molecule has 0 saturated heterocycles. The summed E-state index contributed by atoms with van der Waals surface area (Å²) in [5, 5.41) is 10.5. The average Bonchev–Trinajstić information content (AvgIpc) is 2.18. The molecular weight excluding hydrogens is 174 g/mol. The van der Waals surface area contributed by atoms with Gasteiger partial charge in [-0.25, -0.2) is 0 Å². The third-order valence-electron chi connectivity index (χ3n) is 2.25. The topological polar surface area (TPSA) is 33.1 Å². The van der Waals surface area contributed by atoms with E-state index in [-0.39, 0.29) is 6.10 Å². The molecule has 1 heterocycles. The number of hydrogen-bond acceptors (Lipinski definition) is 2. The Hall–Kier alpha value is -1.41. The van der Waals surface area contributed by atoms with Crippen molar-refractivity contribution in [2.75, 3.05) is 0 Å². The van der Waals surface area contributed by atoms with Gasteiger partial charge in [-0.1, -0.05) is 18.2 Å². The number of benzene rings is 1. The molecule has 2 nitrogen and oxygen atoms in total. The molecule has 1 aromatic heterocycles. The predicted molar refractivity (Wildman–Crippen MR) is 57.1 cm³/mol. The number of aliphatic hydroxyl groups is 1. The van der Waals surface area contributed by atoms with Gasteiger partial charge >= 0.3 is 0 Å². The first-order valence-electron chi connectivity index (χ1n) is 4.78. The Morgan fingerprint density at radius 3 is 2.93 bits per heavy atom. The van der Waals surface area contributed by atoms with Crippen LogP contribution in [0.4, 0.5) is 0 Å². The summed E-state index contributed by atoms with van der Waals surface area (Å²) in [7, 11) is 0. The van der Waals surface area contributed by atoms with Gasteiger partial charge in [0.2, 0.25) is 0 Å². The van der Waals surface area contributed by atoms with E-state index >= 15 is 0 Å². The Bertz CT molecular complexity index is 432. The summed E-state index contributed by atoms with van der Waals surface area (Å²) in [6.07, 6.45) is 2.16. The van der Waals surface area contributed by atoms with E-state index in [9.17, 15) is 5.11 Å². The molecule has 0 bridgehead atoms. The highest BCUT2D eigenvalue weighted by Crippen LogP contribution is 2.17. The lowest BCUT2D eigenvalue weighted by atomic mass is 10.0. The highest BCUT2D eigenvalue weighted by atomic mass is 16.3. The first-order valence-corrected chi connectivity index (χ1v) is 4.78. The van der Waals surface area contributed by atoms with Crippen LogP contribution in [0.1, 0.15) is 12.5 Å². The number of aromatic nitrogens is 1. The third kappa shape index (κ3) is 1.75. The largest absolute Gasteiger partial charge is 0.393 e. The number of aliphatic hydroxyl groups excluding tert-OH is 1. The van der Waals surface area contributed by atoms with Crippen LogP contribution in [0, 0.1) is 0 Å². The Labute approximate surface area is 83.2 Å². The fourth-order valence-corrected chi connectivity index (χ4v) is 1.66. The van der Waals surface area contributed by atoms with Crippen LogP contribution in [-0.4, -0.2) is 16.2 Å². The number of fused-ring (bicyclic) bond motifs is 1. The van der Waals surface area contributed by atoms with Crippen LogP contribution < -0.4 is 0 Å². The second-order valence-corrected chi connectivity index (χ2v) is 3.54. The molecule has 0 aliphatic rings. The summed E-state index contributed by atoms with van der Waals surface area (Å²) in [6.45, 7) is 1.80. The molecule has 1 atom stereocenters. The van der Waals surface area contributed by atoms with Crippen LogP contribution in [0.5, 0.6) is 0 Å². The van der Waals surface area contributed by atoms with Gasteiger partial charge < -0.3 is 5.11 Å². The Morgan fingerprint density at radius 2 is 2.14 bits per heavy atom. The molecule has 0 radical (unpaired) electrons. The maximum absolute atomic E-state index is 9.34. The van der Waals surface area contributed by atoms with Crippen molar-refractivity contribution in [3.05, 3.63) is 42.1 Å². The molecule has 1 N–H and O–H groups in total. The quantitative estimate of drug-likeness (QED) is 0.781. The van der Waals surface area contributed by atoms with Gasteiger partial charge in [-0.15, -0.1) is 0 Å². The van der Waals surface area contributed by atoms with Crippen molar-refractivity contribution in [3.8, 4) is 0 Å². The number of rotatable bonds is 2. The normalized spacial score (nSPS) is 13.0. The predicted octanol–water partition coefficient (Wildman–Crippen LogP) is 2.16. The van der Waals surface area contributed by atoms with E-state index in [0.717, 1.165) is 16.5 Å². The van der Waals surface area contributed by atoms with Gasteiger partial charge in [0, 0.05) is 11.6 Å². The van der Waals surface area contributed by atoms with E-state index in [1.807, 2.05) is 30.3 Å². The zero-order valence-electron chi connectivity index (χ0n) is 8.14. The number of nitrogens with zero attached hydrogens (tertiary/aromatic N) is 1. The summed E-state index contributed by atoms with van der Waals surface area (Å²) in [5.74, 6) is 0. The lowest BCUT2D eigenvalue weighted by molar-refractivity contribution is 0.196. The molecule has 2 aromatic rings. The van der Waals surface area contributed by atoms with Crippen molar-refractivity contribution in [2.24, 2.45) is 0 Å². The van der Waals surface area contributed by atoms with E-state index in [2.05, 4.69) is 4.98 Å². The van der Waals surface area contributed by atoms with E-state index in [1.54, 1.807) is 13.1 Å². The van der Waals surface area contributed by atoms with Crippen molar-refractivity contribution in [1.29, 1.82) is 0 Å². The summed E-state index contributed by atoms with van der Waals surface area (Å²) >= 11 is 0. The van der Waals surface area contributed by atoms with Crippen LogP contribution in [0.15, 0.2) is 36.5 Å². The third-order valence-corrected chi connectivity index (χ3v) is 2.25. The number of pyridine rings is 1. The molecule has 1 aromatic carbocycles. The molecule has 14 heavy (non-hydrogen) atoms. The molecule has 1 unspecified atom stereocenters. The van der Waals surface area contributed by atoms with Crippen LogP contribution in [0.2, 0.25) is 0 Å². The van der Waals surface area contributed by atoms with E-state index in [1.165, 1.54) is 0 Å². The van der Waals surface area contributed by atoms with Gasteiger partial charge in [0.05, 0.1) is 11.6 Å². The summed E-state index contributed by atoms with van der Waals surface area (Å²) in [5.41, 5.74) is 2.15. The molecular formula is C12H13NO. The highest BCUT2D eigenvalue weighted by molar-refractivity contribution is 5.81. The fourth-order valence-electron chi connectivity index (χ4n) is 1.66. The average molecular weight is 187 g/mol. The van der Waals surface area contributed by atoms with Gasteiger partial charge in [-0.05, 0) is 31.0 Å². The minimum absolute atomic E-state index is 0.305. The van der Waals surface area contributed by atoms with E-state index in [4.69, 9.17) is 0 Å². The van der Waals surface area contributed by atoms with Gasteiger partial charge in [0.25, 0.3) is 0 Å². The Kier molecular flexibility index (Phi) is 2.46. The standard InChI is InChI=1S/C12H13NO/c1-9(14)8-10-4-2-6-12-11(10)5-3-7-13-12/h2-7,9,14H,8H2,1H3. The van der Waals surface area contributed by atoms with Crippen LogP contribution in [0.25, 0.3) is 10.9 Å². The highest BCUT2D eigenvalue weighted by Gasteiger charge is 2.03. The number of hydrogen-bond donors (Lipinski definition) is 1. The van der Waals surface area contributed by atoms with Crippen molar-refractivity contribution >= 4 is 10.9 Å². The second kappa shape index (κ2) is 3.76. The minimum atomic E-state index is -0.305. The first-order chi connectivity index (χ1) is 6.77. The minimum Gasteiger partial charge on any atom is -0.393 e. The lowest BCUT2D eigenvalue weighted by Gasteiger charge is -2.07. The van der Waals surface area contributed by atoms with Crippen LogP contribution in [-0.2, 0) is 6.42 Å². The summed E-state index contributed by atoms with van der Waals surface area (Å²) < 4.78 is 0. The molecule has 0 amide bonds. The lowest BCUT2D eigenvalue weighted by Crippen LogP contribution is -2.04. The zero-order valence-corrected chi connectivity index (χ0v) is 8.14. The van der Waals surface area contributed by atoms with Crippen molar-refractivity contribution in [1.82, 2.24) is 4.98 Å². The summed E-state index contributed by atoms with van der Waals surface area (Å²) in [6, 6.07) is 9.97. The van der Waals surface area contributed by atoms with Gasteiger partial charge in [-0.2, -0.15) is 0 Å². The first kappa shape index (κ1) is 9.16. The van der Waals surface area contributed by atoms with Gasteiger partial charge in [-0.3, -0.25) is 4.98 Å².